The molecule has 5 nitrogen and oxygen atoms in total. The van der Waals surface area contributed by atoms with Crippen LogP contribution in [0.4, 0.5) is 0 Å². The van der Waals surface area contributed by atoms with Crippen LogP contribution in [0, 0.1) is 0 Å². The Kier molecular flexibility index (Phi) is 8.52. The molecular weight excluding hydrogens is 829 g/mol. The van der Waals surface area contributed by atoms with Gasteiger partial charge in [0.25, 0.3) is 0 Å². The van der Waals surface area contributed by atoms with Crippen LogP contribution in [0.25, 0.3) is 138 Å². The highest BCUT2D eigenvalue weighted by atomic mass is 16.3. The fraction of sp³-hybridized carbons (Fsp3) is 0. The molecule has 3 heterocycles. The minimum Gasteiger partial charge on any atom is -0.456 e. The molecule has 3 aromatic heterocycles. The van der Waals surface area contributed by atoms with E-state index in [1.54, 1.807) is 0 Å². The minimum absolute atomic E-state index is 0.560. The van der Waals surface area contributed by atoms with Gasteiger partial charge in [-0.05, 0) is 97.7 Å². The maximum atomic E-state index is 6.45. The Bertz CT molecular complexity index is 4320. The van der Waals surface area contributed by atoms with E-state index in [-0.39, 0.29) is 0 Å². The lowest BCUT2D eigenvalue weighted by atomic mass is 9.90. The molecule has 0 N–H and O–H groups in total. The number of furan rings is 1. The Morgan fingerprint density at radius 2 is 0.912 bits per heavy atom. The summed E-state index contributed by atoms with van der Waals surface area (Å²) < 4.78 is 8.91. The van der Waals surface area contributed by atoms with Crippen LogP contribution in [0.2, 0.25) is 0 Å². The summed E-state index contributed by atoms with van der Waals surface area (Å²) in [5.41, 5.74) is 12.0. The van der Waals surface area contributed by atoms with Crippen LogP contribution in [0.15, 0.2) is 235 Å². The van der Waals surface area contributed by atoms with E-state index in [2.05, 4.69) is 217 Å². The molecule has 0 fully saturated rings. The highest BCUT2D eigenvalue weighted by molar-refractivity contribution is 6.16. The summed E-state index contributed by atoms with van der Waals surface area (Å²) in [7, 11) is 0. The molecule has 0 unspecified atom stereocenters. The summed E-state index contributed by atoms with van der Waals surface area (Å²) >= 11 is 0. The normalized spacial score (nSPS) is 11.8. The molecule has 14 aromatic rings. The maximum Gasteiger partial charge on any atom is 0.165 e. The number of rotatable bonds is 6. The number of para-hydroxylation sites is 2. The number of hydrogen-bond donors (Lipinski definition) is 0. The molecule has 0 bridgehead atoms. The summed E-state index contributed by atoms with van der Waals surface area (Å²) in [6, 6.07) is 81.9. The topological polar surface area (TPSA) is 56.7 Å². The molecule has 0 spiro atoms. The average Bonchev–Trinajstić information content (AvgIpc) is 3.94. The van der Waals surface area contributed by atoms with Crippen LogP contribution in [0.1, 0.15) is 0 Å². The predicted molar refractivity (Wildman–Crippen MR) is 281 cm³/mol. The fourth-order valence-electron chi connectivity index (χ4n) is 10.4. The van der Waals surface area contributed by atoms with Crippen LogP contribution in [0.3, 0.4) is 0 Å². The second kappa shape index (κ2) is 15.2. The largest absolute Gasteiger partial charge is 0.456 e. The van der Waals surface area contributed by atoms with E-state index in [4.69, 9.17) is 19.4 Å². The van der Waals surface area contributed by atoms with Gasteiger partial charge < -0.3 is 8.98 Å². The van der Waals surface area contributed by atoms with Gasteiger partial charge in [0.1, 0.15) is 11.2 Å². The third-order valence-corrected chi connectivity index (χ3v) is 13.6. The molecule has 0 aliphatic heterocycles. The SMILES string of the molecule is c1ccc(-c2ccc3c(-n4c5ccccc5c5cc6ccccc6cc54)cc(-c4ccccc4)c(-c4nc(-c5ccc6c(c5)oc5ccccc56)nc(-c5cccc6ccccc56)n4)c3c2)cc1. The summed E-state index contributed by atoms with van der Waals surface area (Å²) in [6.45, 7) is 0. The summed E-state index contributed by atoms with van der Waals surface area (Å²) in [6.07, 6.45) is 0. The molecule has 0 saturated heterocycles. The van der Waals surface area contributed by atoms with Crippen LogP contribution >= 0.6 is 0 Å². The molecule has 0 amide bonds. The van der Waals surface area contributed by atoms with Gasteiger partial charge in [0, 0.05) is 43.6 Å². The van der Waals surface area contributed by atoms with Gasteiger partial charge in [-0.3, -0.25) is 0 Å². The van der Waals surface area contributed by atoms with Crippen LogP contribution in [-0.4, -0.2) is 19.5 Å². The monoisotopic (exact) mass is 866 g/mol. The van der Waals surface area contributed by atoms with Crippen molar-refractivity contribution >= 4 is 76.1 Å². The highest BCUT2D eigenvalue weighted by Crippen LogP contribution is 2.45. The number of aromatic nitrogens is 4. The predicted octanol–water partition coefficient (Wildman–Crippen LogP) is 16.7. The average molecular weight is 867 g/mol. The number of fused-ring (bicyclic) bond motifs is 9. The molecular formula is C63H38N4O. The smallest absolute Gasteiger partial charge is 0.165 e. The molecule has 68 heavy (non-hydrogen) atoms. The second-order valence-electron chi connectivity index (χ2n) is 17.5. The first-order chi connectivity index (χ1) is 33.7. The van der Waals surface area contributed by atoms with Crippen molar-refractivity contribution in [3.8, 4) is 62.1 Å². The van der Waals surface area contributed by atoms with Crippen LogP contribution in [-0.2, 0) is 0 Å². The molecule has 14 rings (SSSR count). The number of hydrogen-bond acceptors (Lipinski definition) is 4. The lowest BCUT2D eigenvalue weighted by molar-refractivity contribution is 0.669. The summed E-state index contributed by atoms with van der Waals surface area (Å²) in [4.78, 5) is 16.4. The fourth-order valence-corrected chi connectivity index (χ4v) is 10.4. The van der Waals surface area contributed by atoms with E-state index in [0.29, 0.717) is 17.5 Å². The molecule has 0 atom stereocenters. The van der Waals surface area contributed by atoms with E-state index >= 15 is 0 Å². The number of benzene rings is 11. The standard InChI is InChI=1S/C63H38N4O/c1-3-16-39(17-4-1)44-30-32-48-54(35-44)60(52(41-18-5-2-6-19-41)38-57(48)67-55-28-13-11-25-47(55)53-34-42-21-7-8-22-43(42)36-56(53)67)63-65-61(45-31-33-50-49-26-12-14-29-58(49)68-59(50)37-45)64-62(66-63)51-27-15-23-40-20-9-10-24-46(40)51/h1-38H. The molecule has 0 aliphatic carbocycles. The highest BCUT2D eigenvalue weighted by Gasteiger charge is 2.24. The summed E-state index contributed by atoms with van der Waals surface area (Å²) in [5.74, 6) is 1.73. The van der Waals surface area contributed by atoms with Gasteiger partial charge in [0.05, 0.1) is 16.7 Å². The van der Waals surface area contributed by atoms with E-state index in [0.717, 1.165) is 99.1 Å². The molecule has 316 valence electrons. The van der Waals surface area contributed by atoms with Crippen LogP contribution < -0.4 is 0 Å². The van der Waals surface area contributed by atoms with Crippen molar-refractivity contribution in [1.82, 2.24) is 19.5 Å². The van der Waals surface area contributed by atoms with Crippen molar-refractivity contribution in [2.45, 2.75) is 0 Å². The van der Waals surface area contributed by atoms with Gasteiger partial charge in [-0.15, -0.1) is 0 Å². The first-order valence-corrected chi connectivity index (χ1v) is 23.0. The summed E-state index contributed by atoms with van der Waals surface area (Å²) in [5, 5.41) is 11.2. The van der Waals surface area contributed by atoms with Crippen molar-refractivity contribution < 1.29 is 4.42 Å². The third kappa shape index (κ3) is 6.06. The van der Waals surface area contributed by atoms with Gasteiger partial charge >= 0.3 is 0 Å². The lowest BCUT2D eigenvalue weighted by Crippen LogP contribution is -2.04. The van der Waals surface area contributed by atoms with E-state index in [1.807, 2.05) is 18.2 Å². The van der Waals surface area contributed by atoms with Crippen molar-refractivity contribution in [3.05, 3.63) is 231 Å². The van der Waals surface area contributed by atoms with Crippen LogP contribution in [0.5, 0.6) is 0 Å². The van der Waals surface area contributed by atoms with Crippen molar-refractivity contribution in [1.29, 1.82) is 0 Å². The van der Waals surface area contributed by atoms with Crippen molar-refractivity contribution in [2.24, 2.45) is 0 Å². The Balaban J connectivity index is 1.12. The molecule has 0 radical (unpaired) electrons. The van der Waals surface area contributed by atoms with E-state index in [9.17, 15) is 0 Å². The van der Waals surface area contributed by atoms with E-state index < -0.39 is 0 Å². The molecule has 11 aromatic carbocycles. The molecule has 5 heteroatoms. The zero-order chi connectivity index (χ0) is 44.7. The van der Waals surface area contributed by atoms with Crippen molar-refractivity contribution in [2.75, 3.05) is 0 Å². The van der Waals surface area contributed by atoms with Gasteiger partial charge in [0.2, 0.25) is 0 Å². The minimum atomic E-state index is 0.560. The van der Waals surface area contributed by atoms with Gasteiger partial charge in [0.15, 0.2) is 17.5 Å². The quantitative estimate of drug-likeness (QED) is 0.167. The van der Waals surface area contributed by atoms with Gasteiger partial charge in [-0.2, -0.15) is 0 Å². The first kappa shape index (κ1) is 38.1. The number of nitrogens with zero attached hydrogens (tertiary/aromatic N) is 4. The third-order valence-electron chi connectivity index (χ3n) is 13.6. The Hall–Kier alpha value is -9.19. The zero-order valence-electron chi connectivity index (χ0n) is 36.6. The molecule has 0 saturated carbocycles. The second-order valence-corrected chi connectivity index (χ2v) is 17.5. The van der Waals surface area contributed by atoms with E-state index in [1.165, 1.54) is 21.5 Å². The lowest BCUT2D eigenvalue weighted by Gasteiger charge is -2.20. The Morgan fingerprint density at radius 1 is 0.294 bits per heavy atom. The first-order valence-electron chi connectivity index (χ1n) is 23.0. The Labute approximate surface area is 390 Å². The van der Waals surface area contributed by atoms with Crippen molar-refractivity contribution in [3.63, 3.8) is 0 Å². The van der Waals surface area contributed by atoms with Gasteiger partial charge in [-0.1, -0.05) is 182 Å². The zero-order valence-corrected chi connectivity index (χ0v) is 36.6. The Morgan fingerprint density at radius 3 is 1.75 bits per heavy atom. The molecule has 0 aliphatic rings. The maximum absolute atomic E-state index is 6.45. The van der Waals surface area contributed by atoms with Gasteiger partial charge in [-0.25, -0.2) is 15.0 Å².